The van der Waals surface area contributed by atoms with Crippen LogP contribution in [0.4, 0.5) is 4.39 Å². The highest BCUT2D eigenvalue weighted by Crippen LogP contribution is 2.25. The van der Waals surface area contributed by atoms with Crippen molar-refractivity contribution in [2.45, 2.75) is 45.1 Å². The van der Waals surface area contributed by atoms with Gasteiger partial charge in [-0.1, -0.05) is 30.0 Å². The number of Topliss-reactive ketones (excluding diaryl/α,β-unsaturated/α-hetero) is 1. The van der Waals surface area contributed by atoms with Crippen LogP contribution >= 0.6 is 11.8 Å². The van der Waals surface area contributed by atoms with Gasteiger partial charge in [-0.25, -0.2) is 4.39 Å². The molecule has 2 aromatic heterocycles. The predicted octanol–water partition coefficient (Wildman–Crippen LogP) is 4.78. The number of carbonyl (C=O) groups excluding carboxylic acids is 1. The van der Waals surface area contributed by atoms with Gasteiger partial charge in [0.05, 0.1) is 18.4 Å². The number of carbonyl (C=O) groups is 1. The summed E-state index contributed by atoms with van der Waals surface area (Å²) in [6, 6.07) is 8.26. The summed E-state index contributed by atoms with van der Waals surface area (Å²) >= 11 is 1.31. The van der Waals surface area contributed by atoms with Gasteiger partial charge in [0.15, 0.2) is 28.3 Å². The molecule has 0 radical (unpaired) electrons. The number of nitrogens with zero attached hydrogens (tertiary/aromatic N) is 4. The van der Waals surface area contributed by atoms with Gasteiger partial charge in [-0.3, -0.25) is 9.36 Å². The summed E-state index contributed by atoms with van der Waals surface area (Å²) in [5, 5.41) is 8.97. The molecule has 2 heterocycles. The topological polar surface area (TPSA) is 71.2 Å². The van der Waals surface area contributed by atoms with Gasteiger partial charge in [0, 0.05) is 30.6 Å². The van der Waals surface area contributed by atoms with Crippen molar-refractivity contribution in [3.63, 3.8) is 0 Å². The maximum atomic E-state index is 13.8. The van der Waals surface area contributed by atoms with E-state index in [1.165, 1.54) is 17.8 Å². The number of ether oxygens (including phenoxy) is 2. The van der Waals surface area contributed by atoms with Crippen LogP contribution in [0.15, 0.2) is 48.1 Å². The van der Waals surface area contributed by atoms with Crippen LogP contribution in [0.2, 0.25) is 0 Å². The molecule has 7 nitrogen and oxygen atoms in total. The van der Waals surface area contributed by atoms with Crippen LogP contribution in [-0.2, 0) is 17.9 Å². The number of rotatable bonds is 12. The summed E-state index contributed by atoms with van der Waals surface area (Å²) in [6.45, 7) is 10.9. The summed E-state index contributed by atoms with van der Waals surface area (Å²) in [7, 11) is 1.67. The van der Waals surface area contributed by atoms with E-state index in [-0.39, 0.29) is 29.9 Å². The Kier molecular flexibility index (Phi) is 8.46. The van der Waals surface area contributed by atoms with Crippen molar-refractivity contribution in [3.8, 4) is 5.75 Å². The number of thioether (sulfide) groups is 1. The minimum absolute atomic E-state index is 0.0151. The van der Waals surface area contributed by atoms with Gasteiger partial charge in [0.1, 0.15) is 6.61 Å². The van der Waals surface area contributed by atoms with E-state index in [0.29, 0.717) is 29.7 Å². The van der Waals surface area contributed by atoms with E-state index in [4.69, 9.17) is 9.47 Å². The molecule has 0 amide bonds. The monoisotopic (exact) mass is 472 g/mol. The van der Waals surface area contributed by atoms with Gasteiger partial charge in [-0.05, 0) is 39.0 Å². The number of aromatic nitrogens is 4. The van der Waals surface area contributed by atoms with Crippen molar-refractivity contribution in [2.75, 3.05) is 19.5 Å². The Morgan fingerprint density at radius 3 is 2.76 bits per heavy atom. The number of aryl methyl sites for hydroxylation is 1. The van der Waals surface area contributed by atoms with Crippen LogP contribution in [0.5, 0.6) is 5.75 Å². The highest BCUT2D eigenvalue weighted by molar-refractivity contribution is 7.99. The zero-order valence-corrected chi connectivity index (χ0v) is 20.2. The van der Waals surface area contributed by atoms with Crippen molar-refractivity contribution in [1.29, 1.82) is 0 Å². The van der Waals surface area contributed by atoms with E-state index in [1.54, 1.807) is 31.4 Å². The normalized spacial score (nSPS) is 12.0. The summed E-state index contributed by atoms with van der Waals surface area (Å²) in [5.41, 5.74) is 2.64. The summed E-state index contributed by atoms with van der Waals surface area (Å²) in [5.74, 6) is 0.464. The van der Waals surface area contributed by atoms with E-state index < -0.39 is 5.82 Å². The van der Waals surface area contributed by atoms with Crippen molar-refractivity contribution in [1.82, 2.24) is 19.3 Å². The first-order valence-corrected chi connectivity index (χ1v) is 11.6. The van der Waals surface area contributed by atoms with E-state index >= 15 is 0 Å². The standard InChI is InChI=1S/C24H29FN4O3S/c1-6-11-28-23(14-32-22-10-8-7-9-20(22)25)26-27-24(28)33-15-21(30)19-12-16(2)29(18(19)4)17(3)13-31-5/h6-10,12,17H,1,11,13-15H2,2-5H3. The first kappa shape index (κ1) is 24.7. The van der Waals surface area contributed by atoms with E-state index in [2.05, 4.69) is 28.3 Å². The minimum Gasteiger partial charge on any atom is -0.483 e. The van der Waals surface area contributed by atoms with Crippen LogP contribution < -0.4 is 4.74 Å². The molecule has 0 N–H and O–H groups in total. The van der Waals surface area contributed by atoms with E-state index in [1.807, 2.05) is 24.5 Å². The zero-order chi connectivity index (χ0) is 24.0. The first-order valence-electron chi connectivity index (χ1n) is 10.6. The lowest BCUT2D eigenvalue weighted by Crippen LogP contribution is -2.15. The first-order chi connectivity index (χ1) is 15.9. The summed E-state index contributed by atoms with van der Waals surface area (Å²) in [6.07, 6.45) is 1.71. The fraction of sp³-hybridized carbons (Fsp3) is 0.375. The zero-order valence-electron chi connectivity index (χ0n) is 19.4. The highest BCUT2D eigenvalue weighted by atomic mass is 32.2. The Hall–Kier alpha value is -2.91. The molecule has 0 aliphatic rings. The molecule has 33 heavy (non-hydrogen) atoms. The molecule has 3 aromatic rings. The Balaban J connectivity index is 1.71. The van der Waals surface area contributed by atoms with Crippen LogP contribution in [-0.4, -0.2) is 44.6 Å². The Bertz CT molecular complexity index is 1130. The maximum absolute atomic E-state index is 13.8. The molecule has 1 unspecified atom stereocenters. The molecule has 9 heteroatoms. The molecule has 0 aliphatic carbocycles. The number of hydrogen-bond acceptors (Lipinski definition) is 6. The smallest absolute Gasteiger partial charge is 0.192 e. The number of allylic oxidation sites excluding steroid dienone is 1. The average Bonchev–Trinajstić information content (AvgIpc) is 3.31. The SMILES string of the molecule is C=CCn1c(COc2ccccc2F)nnc1SCC(=O)c1cc(C)n(C(C)COC)c1C. The molecule has 3 rings (SSSR count). The van der Waals surface area contributed by atoms with Gasteiger partial charge in [0.2, 0.25) is 0 Å². The molecule has 0 saturated carbocycles. The third-order valence-corrected chi connectivity index (χ3v) is 6.23. The third kappa shape index (κ3) is 5.72. The van der Waals surface area contributed by atoms with Crippen LogP contribution in [0.3, 0.4) is 0 Å². The number of para-hydroxylation sites is 1. The Labute approximate surface area is 197 Å². The molecule has 0 fully saturated rings. The molecule has 1 aromatic carbocycles. The van der Waals surface area contributed by atoms with Crippen molar-refractivity contribution < 1.29 is 18.7 Å². The van der Waals surface area contributed by atoms with Crippen molar-refractivity contribution in [2.24, 2.45) is 0 Å². The van der Waals surface area contributed by atoms with Crippen molar-refractivity contribution in [3.05, 3.63) is 71.6 Å². The molecule has 0 aliphatic heterocycles. The van der Waals surface area contributed by atoms with Crippen LogP contribution in [0, 0.1) is 19.7 Å². The van der Waals surface area contributed by atoms with Gasteiger partial charge in [-0.2, -0.15) is 0 Å². The molecule has 0 spiro atoms. The number of methoxy groups -OCH3 is 1. The quantitative estimate of drug-likeness (QED) is 0.215. The minimum atomic E-state index is -0.440. The van der Waals surface area contributed by atoms with E-state index in [0.717, 1.165) is 11.4 Å². The Morgan fingerprint density at radius 1 is 1.30 bits per heavy atom. The largest absolute Gasteiger partial charge is 0.483 e. The number of hydrogen-bond donors (Lipinski definition) is 0. The van der Waals surface area contributed by atoms with Crippen LogP contribution in [0.1, 0.15) is 40.5 Å². The van der Waals surface area contributed by atoms with Gasteiger partial charge in [0.25, 0.3) is 0 Å². The van der Waals surface area contributed by atoms with Gasteiger partial charge in [-0.15, -0.1) is 16.8 Å². The lowest BCUT2D eigenvalue weighted by molar-refractivity contribution is 0.102. The Morgan fingerprint density at radius 2 is 2.06 bits per heavy atom. The molecular weight excluding hydrogens is 443 g/mol. The van der Waals surface area contributed by atoms with Gasteiger partial charge >= 0.3 is 0 Å². The fourth-order valence-corrected chi connectivity index (χ4v) is 4.66. The molecule has 0 saturated heterocycles. The van der Waals surface area contributed by atoms with Gasteiger partial charge < -0.3 is 14.0 Å². The third-order valence-electron chi connectivity index (χ3n) is 5.26. The second-order valence-corrected chi connectivity index (χ2v) is 8.63. The molecule has 1 atom stereocenters. The second-order valence-electron chi connectivity index (χ2n) is 7.69. The highest BCUT2D eigenvalue weighted by Gasteiger charge is 2.20. The lowest BCUT2D eigenvalue weighted by atomic mass is 10.2. The summed E-state index contributed by atoms with van der Waals surface area (Å²) in [4.78, 5) is 13.0. The molecule has 0 bridgehead atoms. The van der Waals surface area contributed by atoms with Crippen molar-refractivity contribution >= 4 is 17.5 Å². The predicted molar refractivity (Wildman–Crippen MR) is 126 cm³/mol. The molecule has 176 valence electrons. The number of benzene rings is 1. The summed E-state index contributed by atoms with van der Waals surface area (Å²) < 4.78 is 28.6. The van der Waals surface area contributed by atoms with Crippen LogP contribution in [0.25, 0.3) is 0 Å². The maximum Gasteiger partial charge on any atom is 0.192 e. The van der Waals surface area contributed by atoms with E-state index in [9.17, 15) is 9.18 Å². The average molecular weight is 473 g/mol. The number of ketones is 1. The second kappa shape index (κ2) is 11.3. The fourth-order valence-electron chi connectivity index (χ4n) is 3.81. The lowest BCUT2D eigenvalue weighted by Gasteiger charge is -2.17. The number of halogens is 1. The molecular formula is C24H29FN4O3S.